The zero-order valence-corrected chi connectivity index (χ0v) is 15.1. The van der Waals surface area contributed by atoms with E-state index in [4.69, 9.17) is 9.73 Å². The Balaban J connectivity index is 1.89. The molecule has 0 aliphatic heterocycles. The molecule has 22 heavy (non-hydrogen) atoms. The number of fused-ring (bicyclic) bond motifs is 2. The number of benzene rings is 1. The summed E-state index contributed by atoms with van der Waals surface area (Å²) in [6, 6.07) is 4.34. The summed E-state index contributed by atoms with van der Waals surface area (Å²) in [6.07, 6.45) is 7.18. The zero-order valence-electron chi connectivity index (χ0n) is 14.1. The van der Waals surface area contributed by atoms with Crippen LogP contribution in [0.4, 0.5) is 0 Å². The average Bonchev–Trinajstić information content (AvgIpc) is 3.07. The summed E-state index contributed by atoms with van der Waals surface area (Å²) in [6.45, 7) is 6.70. The van der Waals surface area contributed by atoms with Crippen LogP contribution in [0.5, 0.6) is 11.5 Å². The van der Waals surface area contributed by atoms with Crippen molar-refractivity contribution in [1.29, 1.82) is 0 Å². The highest BCUT2D eigenvalue weighted by atomic mass is 28.3. The van der Waals surface area contributed by atoms with Crippen LogP contribution in [0.1, 0.15) is 31.2 Å². The minimum absolute atomic E-state index is 0.395. The number of ether oxygens (including phenoxy) is 1. The lowest BCUT2D eigenvalue weighted by Gasteiger charge is -2.21. The predicted molar refractivity (Wildman–Crippen MR) is 94.5 cm³/mol. The molecule has 0 heterocycles. The van der Waals surface area contributed by atoms with Crippen LogP contribution >= 0.6 is 0 Å². The fourth-order valence-corrected chi connectivity index (χ4v) is 5.42. The Kier molecular flexibility index (Phi) is 4.06. The normalized spacial score (nSPS) is 27.7. The molecular weight excluding hydrogens is 290 g/mol. The van der Waals surface area contributed by atoms with Gasteiger partial charge in [0.2, 0.25) is 0 Å². The van der Waals surface area contributed by atoms with E-state index in [9.17, 15) is 5.11 Å². The fraction of sp³-hybridized carbons (Fsp3) is 0.611. The van der Waals surface area contributed by atoms with E-state index < -0.39 is 8.07 Å². The molecule has 2 saturated carbocycles. The summed E-state index contributed by atoms with van der Waals surface area (Å²) in [5.74, 6) is 2.87. The molecule has 2 bridgehead atoms. The summed E-state index contributed by atoms with van der Waals surface area (Å²) >= 11 is 0. The standard InChI is InChI=1S/C18H27NO2Si/c1-21-15-9-14(18(20)17(10-15)22(2,3)4)11-19-16-8-12-5-6-13(16)7-12/h9-13,16,20H,5-8H2,1-4H3. The molecule has 2 aliphatic rings. The first-order valence-electron chi connectivity index (χ1n) is 8.33. The topological polar surface area (TPSA) is 41.8 Å². The van der Waals surface area contributed by atoms with Crippen LogP contribution in [-0.2, 0) is 0 Å². The van der Waals surface area contributed by atoms with E-state index >= 15 is 0 Å². The second kappa shape index (κ2) is 5.73. The van der Waals surface area contributed by atoms with Gasteiger partial charge in [0.25, 0.3) is 0 Å². The fourth-order valence-electron chi connectivity index (χ4n) is 3.99. The number of hydrogen-bond acceptors (Lipinski definition) is 3. The highest BCUT2D eigenvalue weighted by Crippen LogP contribution is 2.45. The second-order valence-electron chi connectivity index (χ2n) is 7.88. The Morgan fingerprint density at radius 2 is 2.00 bits per heavy atom. The van der Waals surface area contributed by atoms with Crippen molar-refractivity contribution in [3.05, 3.63) is 17.7 Å². The number of phenols is 1. The monoisotopic (exact) mass is 317 g/mol. The molecule has 3 atom stereocenters. The van der Waals surface area contributed by atoms with Crippen LogP contribution in [0, 0.1) is 11.8 Å². The molecule has 1 N–H and O–H groups in total. The van der Waals surface area contributed by atoms with Crippen molar-refractivity contribution in [2.45, 2.75) is 51.4 Å². The van der Waals surface area contributed by atoms with Crippen molar-refractivity contribution in [2.24, 2.45) is 16.8 Å². The van der Waals surface area contributed by atoms with Gasteiger partial charge in [0.15, 0.2) is 0 Å². The third-order valence-electron chi connectivity index (χ3n) is 5.26. The van der Waals surface area contributed by atoms with Gasteiger partial charge in [0, 0.05) is 11.8 Å². The number of phenolic OH excluding ortho intramolecular Hbond substituents is 1. The number of hydrogen-bond donors (Lipinski definition) is 1. The van der Waals surface area contributed by atoms with E-state index in [1.165, 1.54) is 25.7 Å². The summed E-state index contributed by atoms with van der Waals surface area (Å²) in [5.41, 5.74) is 0.805. The van der Waals surface area contributed by atoms with Gasteiger partial charge in [-0.15, -0.1) is 0 Å². The molecule has 1 aromatic carbocycles. The van der Waals surface area contributed by atoms with Gasteiger partial charge in [-0.2, -0.15) is 0 Å². The Bertz CT molecular complexity index is 591. The molecule has 1 aromatic rings. The van der Waals surface area contributed by atoms with Gasteiger partial charge in [-0.25, -0.2) is 0 Å². The minimum atomic E-state index is -1.62. The Morgan fingerprint density at radius 3 is 2.55 bits per heavy atom. The van der Waals surface area contributed by atoms with Gasteiger partial charge in [-0.05, 0) is 48.4 Å². The molecule has 0 aromatic heterocycles. The van der Waals surface area contributed by atoms with Crippen molar-refractivity contribution in [3.8, 4) is 11.5 Å². The second-order valence-corrected chi connectivity index (χ2v) is 12.9. The van der Waals surface area contributed by atoms with Crippen molar-refractivity contribution in [1.82, 2.24) is 0 Å². The van der Waals surface area contributed by atoms with Crippen LogP contribution in [0.25, 0.3) is 0 Å². The summed E-state index contributed by atoms with van der Waals surface area (Å²) in [4.78, 5) is 4.81. The van der Waals surface area contributed by atoms with Crippen LogP contribution in [0.2, 0.25) is 19.6 Å². The molecule has 0 saturated heterocycles. The van der Waals surface area contributed by atoms with Crippen molar-refractivity contribution in [3.63, 3.8) is 0 Å². The summed E-state index contributed by atoms with van der Waals surface area (Å²) in [5, 5.41) is 11.7. The number of methoxy groups -OCH3 is 1. The van der Waals surface area contributed by atoms with E-state index in [0.717, 1.165) is 28.3 Å². The molecule has 0 radical (unpaired) electrons. The number of aromatic hydroxyl groups is 1. The molecule has 4 heteroatoms. The Hall–Kier alpha value is -1.29. The van der Waals surface area contributed by atoms with E-state index in [1.807, 2.05) is 18.3 Å². The maximum atomic E-state index is 10.6. The van der Waals surface area contributed by atoms with Crippen LogP contribution in [-0.4, -0.2) is 32.5 Å². The number of rotatable bonds is 4. The van der Waals surface area contributed by atoms with Gasteiger partial charge in [0.05, 0.1) is 21.2 Å². The predicted octanol–water partition coefficient (Wildman–Crippen LogP) is 3.55. The summed E-state index contributed by atoms with van der Waals surface area (Å²) in [7, 11) is 0.0554. The first-order chi connectivity index (χ1) is 10.4. The van der Waals surface area contributed by atoms with Gasteiger partial charge in [0.1, 0.15) is 11.5 Å². The van der Waals surface area contributed by atoms with Crippen molar-refractivity contribution in [2.75, 3.05) is 7.11 Å². The lowest BCUT2D eigenvalue weighted by molar-refractivity contribution is 0.412. The van der Waals surface area contributed by atoms with Crippen molar-refractivity contribution < 1.29 is 9.84 Å². The molecular formula is C18H27NO2Si. The van der Waals surface area contributed by atoms with Gasteiger partial charge in [-0.3, -0.25) is 4.99 Å². The third-order valence-corrected chi connectivity index (χ3v) is 7.26. The summed E-state index contributed by atoms with van der Waals surface area (Å²) < 4.78 is 5.42. The maximum Gasteiger partial charge on any atom is 0.123 e. The molecule has 2 aliphatic carbocycles. The molecule has 3 unspecified atom stereocenters. The molecule has 0 amide bonds. The molecule has 120 valence electrons. The van der Waals surface area contributed by atoms with Crippen molar-refractivity contribution >= 4 is 19.5 Å². The van der Waals surface area contributed by atoms with Crippen LogP contribution in [0.3, 0.4) is 0 Å². The quantitative estimate of drug-likeness (QED) is 0.681. The average molecular weight is 318 g/mol. The lowest BCUT2D eigenvalue weighted by Crippen LogP contribution is -2.38. The van der Waals surface area contributed by atoms with Gasteiger partial charge < -0.3 is 9.84 Å². The SMILES string of the molecule is COc1cc(C=NC2CC3CCC2C3)c(O)c([Si](C)(C)C)c1. The molecule has 2 fully saturated rings. The highest BCUT2D eigenvalue weighted by molar-refractivity contribution is 6.89. The minimum Gasteiger partial charge on any atom is -0.507 e. The molecule has 3 rings (SSSR count). The largest absolute Gasteiger partial charge is 0.507 e. The first kappa shape index (κ1) is 15.6. The maximum absolute atomic E-state index is 10.6. The van der Waals surface area contributed by atoms with E-state index in [-0.39, 0.29) is 0 Å². The number of nitrogens with zero attached hydrogens (tertiary/aromatic N) is 1. The molecule has 3 nitrogen and oxygen atoms in total. The highest BCUT2D eigenvalue weighted by Gasteiger charge is 2.39. The van der Waals surface area contributed by atoms with Gasteiger partial charge >= 0.3 is 0 Å². The van der Waals surface area contributed by atoms with E-state index in [1.54, 1.807) is 7.11 Å². The van der Waals surface area contributed by atoms with Crippen LogP contribution in [0.15, 0.2) is 17.1 Å². The Labute approximate surface area is 134 Å². The van der Waals surface area contributed by atoms with E-state index in [0.29, 0.717) is 11.8 Å². The third kappa shape index (κ3) is 2.93. The van der Waals surface area contributed by atoms with Crippen LogP contribution < -0.4 is 9.92 Å². The lowest BCUT2D eigenvalue weighted by atomic mass is 9.96. The smallest absolute Gasteiger partial charge is 0.123 e. The zero-order chi connectivity index (χ0) is 15.9. The van der Waals surface area contributed by atoms with E-state index in [2.05, 4.69) is 19.6 Å². The Morgan fingerprint density at radius 1 is 1.23 bits per heavy atom. The van der Waals surface area contributed by atoms with Gasteiger partial charge in [-0.1, -0.05) is 26.1 Å². The molecule has 0 spiro atoms. The first-order valence-corrected chi connectivity index (χ1v) is 11.8. The number of aliphatic imine (C=N–C) groups is 1.